The van der Waals surface area contributed by atoms with Crippen molar-refractivity contribution in [2.24, 2.45) is 12.5 Å². The Labute approximate surface area is 111 Å². The molecule has 0 saturated heterocycles. The molecule has 102 valence electrons. The lowest BCUT2D eigenvalue weighted by Gasteiger charge is -2.17. The van der Waals surface area contributed by atoms with Crippen LogP contribution in [-0.2, 0) is 21.9 Å². The Morgan fingerprint density at radius 2 is 2.06 bits per heavy atom. The van der Waals surface area contributed by atoms with Crippen LogP contribution in [0.3, 0.4) is 0 Å². The monoisotopic (exact) mass is 293 g/mol. The zero-order valence-corrected chi connectivity index (χ0v) is 12.3. The molecule has 0 radical (unpaired) electrons. The van der Waals surface area contributed by atoms with E-state index in [1.54, 1.807) is 0 Å². The second kappa shape index (κ2) is 4.89. The largest absolute Gasteiger partial charge is 0.307 e. The molecule has 18 heavy (non-hydrogen) atoms. The molecule has 8 heteroatoms. The van der Waals surface area contributed by atoms with Crippen molar-refractivity contribution in [1.29, 1.82) is 0 Å². The Morgan fingerprint density at radius 3 is 2.44 bits per heavy atom. The van der Waals surface area contributed by atoms with Crippen molar-refractivity contribution < 1.29 is 13.2 Å². The maximum absolute atomic E-state index is 11.9. The number of amides is 1. The highest BCUT2D eigenvalue weighted by molar-refractivity contribution is 7.90. The van der Waals surface area contributed by atoms with Gasteiger partial charge >= 0.3 is 0 Å². The second-order valence-corrected chi connectivity index (χ2v) is 7.16. The Kier molecular flexibility index (Phi) is 4.07. The predicted octanol–water partition coefficient (Wildman–Crippen LogP) is 1.31. The molecule has 0 unspecified atom stereocenters. The first-order valence-electron chi connectivity index (χ1n) is 5.26. The molecule has 1 amide bonds. The van der Waals surface area contributed by atoms with Crippen molar-refractivity contribution in [3.8, 4) is 0 Å². The number of rotatable bonds is 3. The van der Waals surface area contributed by atoms with Gasteiger partial charge in [-0.1, -0.05) is 20.8 Å². The molecule has 6 nitrogen and oxygen atoms in total. The molecule has 0 spiro atoms. The summed E-state index contributed by atoms with van der Waals surface area (Å²) in [5, 5.41) is -0.103. The molecule has 1 aromatic rings. The van der Waals surface area contributed by atoms with E-state index in [-0.39, 0.29) is 22.1 Å². The van der Waals surface area contributed by atoms with Crippen molar-refractivity contribution in [2.45, 2.75) is 32.2 Å². The first kappa shape index (κ1) is 15.0. The average molecular weight is 294 g/mol. The summed E-state index contributed by atoms with van der Waals surface area (Å²) in [7, 11) is -2.47. The van der Waals surface area contributed by atoms with Crippen LogP contribution < -0.4 is 4.72 Å². The molecule has 1 rings (SSSR count). The van der Waals surface area contributed by atoms with Gasteiger partial charge in [-0.25, -0.2) is 9.71 Å². The lowest BCUT2D eigenvalue weighted by atomic mass is 9.92. The summed E-state index contributed by atoms with van der Waals surface area (Å²) in [5.41, 5.74) is -0.288. The Balaban J connectivity index is 2.90. The fraction of sp³-hybridized carbons (Fsp3) is 0.600. The van der Waals surface area contributed by atoms with Crippen molar-refractivity contribution in [1.82, 2.24) is 14.3 Å². The molecule has 0 atom stereocenters. The molecule has 0 aliphatic carbocycles. The molecular formula is C10H16ClN3O3S. The molecule has 0 aliphatic rings. The number of sulfonamides is 1. The van der Waals surface area contributed by atoms with E-state index >= 15 is 0 Å². The first-order valence-corrected chi connectivity index (χ1v) is 7.12. The minimum Gasteiger partial charge on any atom is -0.307 e. The molecular weight excluding hydrogens is 278 g/mol. The third-order valence-corrected chi connectivity index (χ3v) is 3.88. The fourth-order valence-corrected chi connectivity index (χ4v) is 2.65. The van der Waals surface area contributed by atoms with E-state index in [0.717, 1.165) is 6.20 Å². The van der Waals surface area contributed by atoms with Crippen LogP contribution in [0.25, 0.3) is 0 Å². The number of hydrogen-bond acceptors (Lipinski definition) is 4. The van der Waals surface area contributed by atoms with Crippen LogP contribution >= 0.6 is 11.6 Å². The van der Waals surface area contributed by atoms with Crippen LogP contribution in [0.15, 0.2) is 11.2 Å². The van der Waals surface area contributed by atoms with Gasteiger partial charge < -0.3 is 4.57 Å². The third kappa shape index (κ3) is 3.71. The van der Waals surface area contributed by atoms with Crippen molar-refractivity contribution in [3.05, 3.63) is 11.5 Å². The summed E-state index contributed by atoms with van der Waals surface area (Å²) in [5.74, 6) is -0.556. The number of nitrogens with one attached hydrogen (secondary N) is 1. The highest BCUT2D eigenvalue weighted by Crippen LogP contribution is 2.19. The van der Waals surface area contributed by atoms with Crippen molar-refractivity contribution >= 4 is 27.5 Å². The van der Waals surface area contributed by atoms with Crippen LogP contribution in [0.4, 0.5) is 0 Å². The van der Waals surface area contributed by atoms with Gasteiger partial charge in [0.1, 0.15) is 0 Å². The van der Waals surface area contributed by atoms with Gasteiger partial charge in [-0.2, -0.15) is 8.42 Å². The summed E-state index contributed by atoms with van der Waals surface area (Å²) >= 11 is 5.65. The zero-order chi connectivity index (χ0) is 14.1. The number of halogens is 1. The summed E-state index contributed by atoms with van der Waals surface area (Å²) in [6.07, 6.45) is 1.22. The van der Waals surface area contributed by atoms with Crippen molar-refractivity contribution in [3.63, 3.8) is 0 Å². The van der Waals surface area contributed by atoms with E-state index in [9.17, 15) is 13.2 Å². The van der Waals surface area contributed by atoms with Crippen molar-refractivity contribution in [2.75, 3.05) is 0 Å². The summed E-state index contributed by atoms with van der Waals surface area (Å²) in [6, 6.07) is 0. The van der Waals surface area contributed by atoms with Gasteiger partial charge in [0, 0.05) is 13.5 Å². The minimum atomic E-state index is -3.93. The molecule has 0 bridgehead atoms. The Bertz CT molecular complexity index is 557. The summed E-state index contributed by atoms with van der Waals surface area (Å²) in [4.78, 5) is 15.3. The lowest BCUT2D eigenvalue weighted by molar-refractivity contribution is -0.121. The van der Waals surface area contributed by atoms with E-state index in [4.69, 9.17) is 11.6 Å². The van der Waals surface area contributed by atoms with Crippen LogP contribution in [0.1, 0.15) is 27.2 Å². The molecule has 0 aromatic carbocycles. The number of carbonyl (C=O) groups is 1. The molecule has 0 aliphatic heterocycles. The smallest absolute Gasteiger partial charge is 0.281 e. The van der Waals surface area contributed by atoms with E-state index in [0.29, 0.717) is 0 Å². The molecule has 1 aromatic heterocycles. The topological polar surface area (TPSA) is 81.1 Å². The molecule has 0 fully saturated rings. The lowest BCUT2D eigenvalue weighted by Crippen LogP contribution is -2.34. The van der Waals surface area contributed by atoms with Gasteiger partial charge in [-0.05, 0) is 17.0 Å². The van der Waals surface area contributed by atoms with E-state index in [1.165, 1.54) is 11.6 Å². The number of nitrogens with zero attached hydrogens (tertiary/aromatic N) is 2. The number of carbonyl (C=O) groups excluding carboxylic acids is 1. The quantitative estimate of drug-likeness (QED) is 0.911. The molecule has 0 saturated carbocycles. The van der Waals surface area contributed by atoms with Gasteiger partial charge in [-0.15, -0.1) is 0 Å². The maximum Gasteiger partial charge on any atom is 0.281 e. The van der Waals surface area contributed by atoms with Gasteiger partial charge in [0.05, 0.1) is 6.20 Å². The van der Waals surface area contributed by atoms with Crippen LogP contribution in [0.2, 0.25) is 5.28 Å². The van der Waals surface area contributed by atoms with E-state index < -0.39 is 15.9 Å². The average Bonchev–Trinajstić information content (AvgIpc) is 2.43. The second-order valence-electron chi connectivity index (χ2n) is 5.19. The van der Waals surface area contributed by atoms with E-state index in [1.807, 2.05) is 25.5 Å². The standard InChI is InChI=1S/C10H16ClN3O3S/c1-10(2,3)5-7(15)13-18(16,17)8-6-12-9(11)14(8)4/h6H,5H2,1-4H3,(H,13,15). The number of imidazole rings is 1. The highest BCUT2D eigenvalue weighted by Gasteiger charge is 2.25. The molecule has 1 heterocycles. The van der Waals surface area contributed by atoms with Crippen LogP contribution in [0, 0.1) is 5.41 Å². The fourth-order valence-electron chi connectivity index (χ4n) is 1.34. The normalized spacial score (nSPS) is 12.5. The van der Waals surface area contributed by atoms with Gasteiger partial charge in [-0.3, -0.25) is 4.79 Å². The maximum atomic E-state index is 11.9. The van der Waals surface area contributed by atoms with Crippen LogP contribution in [-0.4, -0.2) is 23.9 Å². The molecule has 1 N–H and O–H groups in total. The van der Waals surface area contributed by atoms with E-state index in [2.05, 4.69) is 4.98 Å². The number of aromatic nitrogens is 2. The van der Waals surface area contributed by atoms with Gasteiger partial charge in [0.2, 0.25) is 11.2 Å². The SMILES string of the molecule is Cn1c(S(=O)(=O)NC(=O)CC(C)(C)C)cnc1Cl. The first-order chi connectivity index (χ1) is 8.03. The predicted molar refractivity (Wildman–Crippen MR) is 67.6 cm³/mol. The minimum absolute atomic E-state index is 0.0404. The van der Waals surface area contributed by atoms with Crippen LogP contribution in [0.5, 0.6) is 0 Å². The summed E-state index contributed by atoms with van der Waals surface area (Å²) in [6.45, 7) is 5.54. The Morgan fingerprint density at radius 1 is 1.50 bits per heavy atom. The Hall–Kier alpha value is -1.08. The highest BCUT2D eigenvalue weighted by atomic mass is 35.5. The third-order valence-electron chi connectivity index (χ3n) is 2.10. The summed E-state index contributed by atoms with van der Waals surface area (Å²) < 4.78 is 27.0. The number of hydrogen-bond donors (Lipinski definition) is 1. The van der Waals surface area contributed by atoms with Gasteiger partial charge in [0.15, 0.2) is 5.03 Å². The zero-order valence-electron chi connectivity index (χ0n) is 10.7. The van der Waals surface area contributed by atoms with Gasteiger partial charge in [0.25, 0.3) is 10.0 Å².